The molecule has 0 atom stereocenters. The molecule has 23 heavy (non-hydrogen) atoms. The molecule has 0 aliphatic rings. The van der Waals surface area contributed by atoms with Crippen LogP contribution in [0.3, 0.4) is 0 Å². The fraction of sp³-hybridized carbons (Fsp3) is 0.250. The summed E-state index contributed by atoms with van der Waals surface area (Å²) in [7, 11) is 1.82. The number of H-pyrrole nitrogens is 1. The van der Waals surface area contributed by atoms with Crippen LogP contribution in [-0.4, -0.2) is 20.7 Å². The Balaban J connectivity index is 2.00. The van der Waals surface area contributed by atoms with Gasteiger partial charge in [-0.2, -0.15) is 5.10 Å². The zero-order valence-corrected chi connectivity index (χ0v) is 14.0. The van der Waals surface area contributed by atoms with Gasteiger partial charge >= 0.3 is 0 Å². The van der Waals surface area contributed by atoms with E-state index in [0.29, 0.717) is 23.1 Å². The maximum Gasteiger partial charge on any atom is 0.273 e. The number of nitrogens with one attached hydrogen (secondary N) is 2. The molecule has 4 N–H and O–H groups in total. The molecule has 6 nitrogen and oxygen atoms in total. The molecule has 0 fully saturated rings. The first-order chi connectivity index (χ1) is 10.9. The van der Waals surface area contributed by atoms with Crippen LogP contribution in [0, 0.1) is 13.8 Å². The fourth-order valence-corrected chi connectivity index (χ4v) is 2.93. The molecular formula is C16H18ClN5O. The minimum atomic E-state index is -0.262. The lowest BCUT2D eigenvalue weighted by Crippen LogP contribution is -2.15. The highest BCUT2D eigenvalue weighted by molar-refractivity contribution is 6.35. The summed E-state index contributed by atoms with van der Waals surface area (Å²) in [5, 5.41) is 8.66. The lowest BCUT2D eigenvalue weighted by Gasteiger charge is -2.04. The second kappa shape index (κ2) is 5.72. The van der Waals surface area contributed by atoms with E-state index in [1.807, 2.05) is 33.0 Å². The summed E-state index contributed by atoms with van der Waals surface area (Å²) < 4.78 is 1.70. The number of aryl methyl sites for hydroxylation is 2. The van der Waals surface area contributed by atoms with Gasteiger partial charge in [0, 0.05) is 30.2 Å². The molecule has 1 aromatic carbocycles. The Morgan fingerprint density at radius 1 is 1.43 bits per heavy atom. The van der Waals surface area contributed by atoms with E-state index in [1.165, 1.54) is 0 Å². The topological polar surface area (TPSA) is 88.7 Å². The molecule has 7 heteroatoms. The molecule has 0 bridgehead atoms. The summed E-state index contributed by atoms with van der Waals surface area (Å²) in [6.07, 6.45) is 0. The number of aromatic amines is 1. The van der Waals surface area contributed by atoms with Crippen LogP contribution in [0.25, 0.3) is 10.9 Å². The minimum absolute atomic E-state index is 0.262. The summed E-state index contributed by atoms with van der Waals surface area (Å²) in [5.41, 5.74) is 9.59. The number of carbonyl (C=O) groups excluding carboxylic acids is 1. The minimum Gasteiger partial charge on any atom is -0.349 e. The molecule has 3 rings (SSSR count). The molecule has 2 heterocycles. The number of hydrogen-bond acceptors (Lipinski definition) is 3. The van der Waals surface area contributed by atoms with Crippen LogP contribution in [0.2, 0.25) is 5.02 Å². The number of anilines is 1. The van der Waals surface area contributed by atoms with Crippen LogP contribution in [0.5, 0.6) is 0 Å². The van der Waals surface area contributed by atoms with Crippen molar-refractivity contribution in [3.8, 4) is 0 Å². The smallest absolute Gasteiger partial charge is 0.273 e. The monoisotopic (exact) mass is 331 g/mol. The number of carbonyl (C=O) groups is 1. The van der Waals surface area contributed by atoms with Gasteiger partial charge in [-0.15, -0.1) is 0 Å². The Hall–Kier alpha value is -2.31. The van der Waals surface area contributed by atoms with Crippen molar-refractivity contribution in [2.24, 2.45) is 12.8 Å². The van der Waals surface area contributed by atoms with Gasteiger partial charge in [-0.1, -0.05) is 23.7 Å². The fourth-order valence-electron chi connectivity index (χ4n) is 2.71. The Bertz CT molecular complexity index is 909. The third kappa shape index (κ3) is 2.50. The van der Waals surface area contributed by atoms with E-state index < -0.39 is 0 Å². The van der Waals surface area contributed by atoms with E-state index in [0.717, 1.165) is 27.7 Å². The molecule has 1 amide bonds. The quantitative estimate of drug-likeness (QED) is 0.689. The number of nitrogens with zero attached hydrogens (tertiary/aromatic N) is 2. The first-order valence-electron chi connectivity index (χ1n) is 7.24. The standard InChI is InChI=1S/C16H18ClN5O/c1-8-10-5-4-6-12(17)14(10)19-13(8)16(23)20-15-11(7-18)9(2)22(3)21-15/h4-6,19H,7,18H2,1-3H3,(H,20,21,23). The van der Waals surface area contributed by atoms with Crippen molar-refractivity contribution < 1.29 is 4.79 Å². The number of nitrogens with two attached hydrogens (primary N) is 1. The van der Waals surface area contributed by atoms with Crippen molar-refractivity contribution in [1.82, 2.24) is 14.8 Å². The summed E-state index contributed by atoms with van der Waals surface area (Å²) >= 11 is 6.18. The molecule has 0 aliphatic carbocycles. The van der Waals surface area contributed by atoms with Gasteiger partial charge in [-0.3, -0.25) is 9.48 Å². The summed E-state index contributed by atoms with van der Waals surface area (Å²) in [4.78, 5) is 15.7. The van der Waals surface area contributed by atoms with Crippen LogP contribution < -0.4 is 11.1 Å². The molecule has 0 saturated carbocycles. The lowest BCUT2D eigenvalue weighted by atomic mass is 10.1. The van der Waals surface area contributed by atoms with E-state index in [4.69, 9.17) is 17.3 Å². The lowest BCUT2D eigenvalue weighted by molar-refractivity contribution is 0.102. The van der Waals surface area contributed by atoms with Crippen LogP contribution in [0.1, 0.15) is 27.3 Å². The largest absolute Gasteiger partial charge is 0.349 e. The van der Waals surface area contributed by atoms with Gasteiger partial charge in [-0.05, 0) is 25.5 Å². The van der Waals surface area contributed by atoms with Gasteiger partial charge in [0.05, 0.1) is 10.5 Å². The second-order valence-corrected chi connectivity index (χ2v) is 5.89. The predicted molar refractivity (Wildman–Crippen MR) is 91.8 cm³/mol. The third-order valence-electron chi connectivity index (χ3n) is 4.16. The molecule has 2 aromatic heterocycles. The van der Waals surface area contributed by atoms with Crippen LogP contribution in [-0.2, 0) is 13.6 Å². The Morgan fingerprint density at radius 3 is 2.83 bits per heavy atom. The number of hydrogen-bond donors (Lipinski definition) is 3. The van der Waals surface area contributed by atoms with Crippen molar-refractivity contribution in [2.75, 3.05) is 5.32 Å². The van der Waals surface area contributed by atoms with E-state index in [1.54, 1.807) is 10.7 Å². The molecule has 0 unspecified atom stereocenters. The van der Waals surface area contributed by atoms with E-state index in [9.17, 15) is 4.79 Å². The number of halogens is 1. The molecule has 0 radical (unpaired) electrons. The maximum absolute atomic E-state index is 12.6. The van der Waals surface area contributed by atoms with Gasteiger partial charge in [0.25, 0.3) is 5.91 Å². The summed E-state index contributed by atoms with van der Waals surface area (Å²) in [5.74, 6) is 0.226. The van der Waals surface area contributed by atoms with Gasteiger partial charge in [0.2, 0.25) is 0 Å². The highest BCUT2D eigenvalue weighted by atomic mass is 35.5. The predicted octanol–water partition coefficient (Wildman–Crippen LogP) is 2.88. The van der Waals surface area contributed by atoms with Crippen molar-refractivity contribution >= 4 is 34.2 Å². The van der Waals surface area contributed by atoms with Crippen molar-refractivity contribution in [1.29, 1.82) is 0 Å². The second-order valence-electron chi connectivity index (χ2n) is 5.48. The van der Waals surface area contributed by atoms with Crippen LogP contribution in [0.15, 0.2) is 18.2 Å². The first-order valence-corrected chi connectivity index (χ1v) is 7.62. The summed E-state index contributed by atoms with van der Waals surface area (Å²) in [6.45, 7) is 4.11. The zero-order valence-electron chi connectivity index (χ0n) is 13.2. The van der Waals surface area contributed by atoms with Crippen molar-refractivity contribution in [3.63, 3.8) is 0 Å². The van der Waals surface area contributed by atoms with E-state index >= 15 is 0 Å². The van der Waals surface area contributed by atoms with Crippen molar-refractivity contribution in [3.05, 3.63) is 45.7 Å². The van der Waals surface area contributed by atoms with Gasteiger partial charge in [-0.25, -0.2) is 0 Å². The highest BCUT2D eigenvalue weighted by Gasteiger charge is 2.19. The molecule has 0 aliphatic heterocycles. The number of benzene rings is 1. The average molecular weight is 332 g/mol. The maximum atomic E-state index is 12.6. The number of fused-ring (bicyclic) bond motifs is 1. The van der Waals surface area contributed by atoms with Gasteiger partial charge in [0.15, 0.2) is 5.82 Å². The molecule has 0 saturated heterocycles. The third-order valence-corrected chi connectivity index (χ3v) is 4.48. The first kappa shape index (κ1) is 15.6. The van der Waals surface area contributed by atoms with Crippen LogP contribution in [0.4, 0.5) is 5.82 Å². The molecular weight excluding hydrogens is 314 g/mol. The summed E-state index contributed by atoms with van der Waals surface area (Å²) in [6, 6.07) is 5.58. The van der Waals surface area contributed by atoms with Gasteiger partial charge in [0.1, 0.15) is 5.69 Å². The number of para-hydroxylation sites is 1. The van der Waals surface area contributed by atoms with E-state index in [-0.39, 0.29) is 5.91 Å². The highest BCUT2D eigenvalue weighted by Crippen LogP contribution is 2.28. The van der Waals surface area contributed by atoms with Crippen LogP contribution >= 0.6 is 11.6 Å². The number of rotatable bonds is 3. The normalized spacial score (nSPS) is 11.2. The molecule has 120 valence electrons. The van der Waals surface area contributed by atoms with Gasteiger partial charge < -0.3 is 16.0 Å². The number of aromatic nitrogens is 3. The molecule has 0 spiro atoms. The van der Waals surface area contributed by atoms with Crippen molar-refractivity contribution in [2.45, 2.75) is 20.4 Å². The SMILES string of the molecule is Cc1c(C(=O)Nc2nn(C)c(C)c2CN)[nH]c2c(Cl)cccc12. The zero-order chi connectivity index (χ0) is 16.7. The number of amides is 1. The Morgan fingerprint density at radius 2 is 2.17 bits per heavy atom. The molecule has 3 aromatic rings. The Labute approximate surface area is 138 Å². The average Bonchev–Trinajstić information content (AvgIpc) is 2.99. The van der Waals surface area contributed by atoms with E-state index in [2.05, 4.69) is 15.4 Å². The Kier molecular flexibility index (Phi) is 3.87.